The molecule has 0 saturated carbocycles. The molecule has 0 aliphatic rings. The Balaban J connectivity index is 2.00. The molecule has 4 heteroatoms. The topological polar surface area (TPSA) is 48.2 Å². The van der Waals surface area contributed by atoms with Crippen LogP contribution in [0.3, 0.4) is 0 Å². The second kappa shape index (κ2) is 5.57. The number of hydrogen-bond donors (Lipinski definition) is 1. The van der Waals surface area contributed by atoms with Crippen molar-refractivity contribution in [3.8, 4) is 0 Å². The van der Waals surface area contributed by atoms with Gasteiger partial charge in [0.1, 0.15) is 10.3 Å². The van der Waals surface area contributed by atoms with E-state index in [1.165, 1.54) is 5.56 Å². The molecule has 1 heterocycles. The lowest BCUT2D eigenvalue weighted by atomic mass is 10.1. The highest BCUT2D eigenvalue weighted by molar-refractivity contribution is 7.90. The maximum absolute atomic E-state index is 12.0. The molecule has 0 fully saturated rings. The van der Waals surface area contributed by atoms with Gasteiger partial charge in [0, 0.05) is 16.7 Å². The Kier molecular flexibility index (Phi) is 4.23. The first kappa shape index (κ1) is 14.4. The summed E-state index contributed by atoms with van der Waals surface area (Å²) in [5.74, 6) is 0. The largest absolute Gasteiger partial charge is 0.598 e. The van der Waals surface area contributed by atoms with E-state index in [4.69, 9.17) is 4.42 Å². The van der Waals surface area contributed by atoms with Gasteiger partial charge in [0.15, 0.2) is 0 Å². The van der Waals surface area contributed by atoms with Gasteiger partial charge in [-0.25, -0.2) is 0 Å². The molecule has 2 rings (SSSR count). The molecule has 1 aromatic carbocycles. The summed E-state index contributed by atoms with van der Waals surface area (Å²) in [5, 5.41) is 1.11. The minimum atomic E-state index is -1.03. The third-order valence-corrected chi connectivity index (χ3v) is 4.65. The third kappa shape index (κ3) is 3.75. The molecule has 0 unspecified atom stereocenters. The lowest BCUT2D eigenvalue weighted by molar-refractivity contribution is 0.526. The van der Waals surface area contributed by atoms with Crippen molar-refractivity contribution >= 4 is 22.3 Å². The SMILES string of the molecule is C[C@@H](Cc1ccc2occc2c1)N[S@@+]([O-])C(C)(C)C. The van der Waals surface area contributed by atoms with Gasteiger partial charge in [-0.3, -0.25) is 0 Å². The van der Waals surface area contributed by atoms with Crippen molar-refractivity contribution in [2.45, 2.75) is 44.9 Å². The van der Waals surface area contributed by atoms with Gasteiger partial charge in [-0.1, -0.05) is 6.07 Å². The fraction of sp³-hybridized carbons (Fsp3) is 0.467. The third-order valence-electron chi connectivity index (χ3n) is 2.92. The van der Waals surface area contributed by atoms with Crippen LogP contribution in [0.25, 0.3) is 11.0 Å². The average molecular weight is 279 g/mol. The van der Waals surface area contributed by atoms with E-state index in [0.717, 1.165) is 17.4 Å². The molecule has 1 aromatic heterocycles. The molecular formula is C15H21NO2S. The number of hydrogen-bond acceptors (Lipinski definition) is 3. The van der Waals surface area contributed by atoms with Crippen LogP contribution < -0.4 is 4.72 Å². The van der Waals surface area contributed by atoms with Crippen LogP contribution in [0, 0.1) is 0 Å². The second-order valence-corrected chi connectivity index (χ2v) is 7.89. The summed E-state index contributed by atoms with van der Waals surface area (Å²) in [4.78, 5) is 0. The number of rotatable bonds is 4. The standard InChI is InChI=1S/C15H21NO2S/c1-11(16-19(17)15(2,3)4)9-12-5-6-14-13(10-12)7-8-18-14/h5-8,10-11,16H,9H2,1-4H3/t11-,19-/m0/s1. The van der Waals surface area contributed by atoms with Crippen LogP contribution >= 0.6 is 0 Å². The highest BCUT2D eigenvalue weighted by Gasteiger charge is 2.27. The van der Waals surface area contributed by atoms with Crippen molar-refractivity contribution in [1.82, 2.24) is 4.72 Å². The summed E-state index contributed by atoms with van der Waals surface area (Å²) in [6.45, 7) is 7.98. The van der Waals surface area contributed by atoms with E-state index in [1.807, 2.05) is 32.9 Å². The highest BCUT2D eigenvalue weighted by atomic mass is 32.2. The quantitative estimate of drug-likeness (QED) is 0.872. The Morgan fingerprint density at radius 1 is 1.32 bits per heavy atom. The van der Waals surface area contributed by atoms with Crippen molar-refractivity contribution in [2.75, 3.05) is 0 Å². The fourth-order valence-corrected chi connectivity index (χ4v) is 2.70. The van der Waals surface area contributed by atoms with E-state index in [1.54, 1.807) is 6.26 Å². The van der Waals surface area contributed by atoms with Gasteiger partial charge in [-0.2, -0.15) is 0 Å². The molecule has 0 bridgehead atoms. The van der Waals surface area contributed by atoms with Crippen LogP contribution in [-0.4, -0.2) is 15.3 Å². The van der Waals surface area contributed by atoms with Gasteiger partial charge in [-0.05, 0) is 57.9 Å². The predicted octanol–water partition coefficient (Wildman–Crippen LogP) is 3.42. The summed E-state index contributed by atoms with van der Waals surface area (Å²) < 4.78 is 20.3. The van der Waals surface area contributed by atoms with E-state index in [0.29, 0.717) is 0 Å². The molecule has 19 heavy (non-hydrogen) atoms. The van der Waals surface area contributed by atoms with Crippen LogP contribution in [0.5, 0.6) is 0 Å². The molecule has 0 aliphatic heterocycles. The van der Waals surface area contributed by atoms with Crippen molar-refractivity contribution in [3.63, 3.8) is 0 Å². The Morgan fingerprint density at radius 3 is 2.74 bits per heavy atom. The Hall–Kier alpha value is -0.970. The van der Waals surface area contributed by atoms with Gasteiger partial charge in [0.2, 0.25) is 0 Å². The summed E-state index contributed by atoms with van der Waals surface area (Å²) in [7, 11) is 0. The minimum Gasteiger partial charge on any atom is -0.598 e. The maximum atomic E-state index is 12.0. The molecule has 0 spiro atoms. The predicted molar refractivity (Wildman–Crippen MR) is 80.4 cm³/mol. The molecule has 0 amide bonds. The molecule has 2 aromatic rings. The van der Waals surface area contributed by atoms with Crippen LogP contribution in [0.1, 0.15) is 33.3 Å². The van der Waals surface area contributed by atoms with Crippen LogP contribution in [0.15, 0.2) is 34.9 Å². The first-order valence-corrected chi connectivity index (χ1v) is 7.65. The summed E-state index contributed by atoms with van der Waals surface area (Å²) in [5.41, 5.74) is 2.13. The normalized spacial score (nSPS) is 15.6. The fourth-order valence-electron chi connectivity index (χ4n) is 1.90. The summed E-state index contributed by atoms with van der Waals surface area (Å²) in [6.07, 6.45) is 2.55. The minimum absolute atomic E-state index is 0.171. The Labute approximate surface area is 117 Å². The Bertz CT molecular complexity index is 544. The lowest BCUT2D eigenvalue weighted by Crippen LogP contribution is -2.44. The molecule has 2 atom stereocenters. The van der Waals surface area contributed by atoms with Gasteiger partial charge < -0.3 is 8.97 Å². The number of nitrogens with one attached hydrogen (secondary N) is 1. The van der Waals surface area contributed by atoms with Crippen LogP contribution in [0.4, 0.5) is 0 Å². The molecular weight excluding hydrogens is 258 g/mol. The zero-order chi connectivity index (χ0) is 14.0. The zero-order valence-electron chi connectivity index (χ0n) is 11.9. The second-order valence-electron chi connectivity index (χ2n) is 5.90. The van der Waals surface area contributed by atoms with Gasteiger partial charge >= 0.3 is 0 Å². The molecule has 1 N–H and O–H groups in total. The number of benzene rings is 1. The van der Waals surface area contributed by atoms with Gasteiger partial charge in [-0.15, -0.1) is 4.72 Å². The van der Waals surface area contributed by atoms with Crippen molar-refractivity contribution < 1.29 is 8.97 Å². The average Bonchev–Trinajstić information content (AvgIpc) is 2.74. The molecule has 0 aliphatic carbocycles. The number of furan rings is 1. The van der Waals surface area contributed by atoms with E-state index < -0.39 is 11.4 Å². The van der Waals surface area contributed by atoms with Crippen LogP contribution in [0.2, 0.25) is 0 Å². The van der Waals surface area contributed by atoms with Crippen LogP contribution in [-0.2, 0) is 17.8 Å². The maximum Gasteiger partial charge on any atom is 0.136 e. The number of fused-ring (bicyclic) bond motifs is 1. The monoisotopic (exact) mass is 279 g/mol. The highest BCUT2D eigenvalue weighted by Crippen LogP contribution is 2.19. The molecule has 0 saturated heterocycles. The smallest absolute Gasteiger partial charge is 0.136 e. The summed E-state index contributed by atoms with van der Waals surface area (Å²) in [6, 6.07) is 8.30. The van der Waals surface area contributed by atoms with E-state index >= 15 is 0 Å². The van der Waals surface area contributed by atoms with E-state index in [9.17, 15) is 4.55 Å². The first-order valence-electron chi connectivity index (χ1n) is 6.50. The first-order chi connectivity index (χ1) is 8.86. The van der Waals surface area contributed by atoms with Crippen molar-refractivity contribution in [1.29, 1.82) is 0 Å². The molecule has 0 radical (unpaired) electrons. The van der Waals surface area contributed by atoms with E-state index in [2.05, 4.69) is 23.8 Å². The molecule has 3 nitrogen and oxygen atoms in total. The Morgan fingerprint density at radius 2 is 2.05 bits per heavy atom. The van der Waals surface area contributed by atoms with Crippen molar-refractivity contribution in [2.24, 2.45) is 0 Å². The zero-order valence-corrected chi connectivity index (χ0v) is 12.7. The van der Waals surface area contributed by atoms with Gasteiger partial charge in [0.25, 0.3) is 0 Å². The van der Waals surface area contributed by atoms with Crippen molar-refractivity contribution in [3.05, 3.63) is 36.1 Å². The molecule has 104 valence electrons. The summed E-state index contributed by atoms with van der Waals surface area (Å²) >= 11 is -1.03. The lowest BCUT2D eigenvalue weighted by Gasteiger charge is -2.26. The van der Waals surface area contributed by atoms with E-state index in [-0.39, 0.29) is 10.8 Å². The van der Waals surface area contributed by atoms with Gasteiger partial charge in [0.05, 0.1) is 12.3 Å².